The number of aryl methyl sites for hydroxylation is 2. The first-order valence-corrected chi connectivity index (χ1v) is 12.2. The maximum absolute atomic E-state index is 12.3. The van der Waals surface area contributed by atoms with E-state index >= 15 is 0 Å². The summed E-state index contributed by atoms with van der Waals surface area (Å²) in [5.74, 6) is 2.34. The van der Waals surface area contributed by atoms with Gasteiger partial charge in [-0.2, -0.15) is 4.98 Å². The molecule has 0 unspecified atom stereocenters. The number of hydrogen-bond acceptors (Lipinski definition) is 6. The van der Waals surface area contributed by atoms with Gasteiger partial charge in [-0.15, -0.1) is 0 Å². The van der Waals surface area contributed by atoms with Gasteiger partial charge in [0, 0.05) is 29.1 Å². The monoisotopic (exact) mass is 525 g/mol. The van der Waals surface area contributed by atoms with Crippen molar-refractivity contribution in [3.63, 3.8) is 0 Å². The molecule has 0 bridgehead atoms. The standard InChI is InChI=1S/C27H25Cl2N3O4/c1-34-22-12-4-18(5-13-22)6-15-25(33)30-21-10-7-19(8-11-21)27-31-26(36-32-27)3-2-16-35-24-14-9-20(28)17-23(24)29/h4-5,7-14,17H,2-3,6,15-16H2,1H3,(H,30,33). The summed E-state index contributed by atoms with van der Waals surface area (Å²) in [4.78, 5) is 16.8. The lowest BCUT2D eigenvalue weighted by atomic mass is 10.1. The lowest BCUT2D eigenvalue weighted by Crippen LogP contribution is -2.12. The molecule has 3 aromatic carbocycles. The molecule has 0 aliphatic carbocycles. The number of rotatable bonds is 11. The summed E-state index contributed by atoms with van der Waals surface area (Å²) in [6.07, 6.45) is 2.29. The topological polar surface area (TPSA) is 86.5 Å². The van der Waals surface area contributed by atoms with E-state index in [9.17, 15) is 4.79 Å². The number of ether oxygens (including phenoxy) is 2. The fourth-order valence-corrected chi connectivity index (χ4v) is 3.91. The van der Waals surface area contributed by atoms with Gasteiger partial charge in [0.25, 0.3) is 0 Å². The van der Waals surface area contributed by atoms with Gasteiger partial charge in [0.05, 0.1) is 18.7 Å². The van der Waals surface area contributed by atoms with Gasteiger partial charge in [-0.1, -0.05) is 40.5 Å². The zero-order valence-electron chi connectivity index (χ0n) is 19.7. The van der Waals surface area contributed by atoms with Crippen LogP contribution >= 0.6 is 23.2 Å². The number of carbonyl (C=O) groups is 1. The lowest BCUT2D eigenvalue weighted by molar-refractivity contribution is -0.116. The van der Waals surface area contributed by atoms with Crippen molar-refractivity contribution in [2.75, 3.05) is 19.0 Å². The van der Waals surface area contributed by atoms with Crippen LogP contribution in [-0.4, -0.2) is 29.8 Å². The number of nitrogens with one attached hydrogen (secondary N) is 1. The fourth-order valence-electron chi connectivity index (χ4n) is 3.45. The summed E-state index contributed by atoms with van der Waals surface area (Å²) in [7, 11) is 1.63. The fraction of sp³-hybridized carbons (Fsp3) is 0.222. The summed E-state index contributed by atoms with van der Waals surface area (Å²) in [5.41, 5.74) is 2.58. The Hall–Kier alpha value is -3.55. The van der Waals surface area contributed by atoms with Gasteiger partial charge in [0.15, 0.2) is 0 Å². The SMILES string of the molecule is COc1ccc(CCC(=O)Nc2ccc(-c3noc(CCCOc4ccc(Cl)cc4Cl)n3)cc2)cc1. The average Bonchev–Trinajstić information content (AvgIpc) is 3.36. The summed E-state index contributed by atoms with van der Waals surface area (Å²) < 4.78 is 16.2. The molecule has 4 aromatic rings. The predicted octanol–water partition coefficient (Wildman–Crippen LogP) is 6.63. The third-order valence-electron chi connectivity index (χ3n) is 5.38. The van der Waals surface area contributed by atoms with Gasteiger partial charge in [-0.3, -0.25) is 4.79 Å². The summed E-state index contributed by atoms with van der Waals surface area (Å²) in [6.45, 7) is 0.450. The molecule has 0 aliphatic rings. The van der Waals surface area contributed by atoms with E-state index in [2.05, 4.69) is 15.5 Å². The number of halogens is 2. The molecule has 1 heterocycles. The second kappa shape index (κ2) is 12.4. The normalized spacial score (nSPS) is 10.8. The van der Waals surface area contributed by atoms with Crippen molar-refractivity contribution < 1.29 is 18.8 Å². The van der Waals surface area contributed by atoms with Crippen molar-refractivity contribution in [3.8, 4) is 22.9 Å². The van der Waals surface area contributed by atoms with E-state index < -0.39 is 0 Å². The average molecular weight is 526 g/mol. The Morgan fingerprint density at radius 2 is 1.78 bits per heavy atom. The van der Waals surface area contributed by atoms with Crippen LogP contribution in [0.1, 0.15) is 24.3 Å². The molecule has 4 rings (SSSR count). The molecule has 0 aliphatic heterocycles. The minimum absolute atomic E-state index is 0.0532. The van der Waals surface area contributed by atoms with Crippen LogP contribution < -0.4 is 14.8 Å². The zero-order chi connectivity index (χ0) is 25.3. The van der Waals surface area contributed by atoms with Crippen molar-refractivity contribution in [1.29, 1.82) is 0 Å². The largest absolute Gasteiger partial charge is 0.497 e. The molecule has 0 fully saturated rings. The first-order valence-electron chi connectivity index (χ1n) is 11.4. The van der Waals surface area contributed by atoms with E-state index in [1.165, 1.54) is 0 Å². The first-order chi connectivity index (χ1) is 17.5. The molecule has 0 saturated heterocycles. The number of hydrogen-bond donors (Lipinski definition) is 1. The van der Waals surface area contributed by atoms with Crippen LogP contribution in [0.2, 0.25) is 10.0 Å². The number of nitrogens with zero attached hydrogens (tertiary/aromatic N) is 2. The number of anilines is 1. The van der Waals surface area contributed by atoms with Gasteiger partial charge in [-0.05, 0) is 73.0 Å². The van der Waals surface area contributed by atoms with E-state index in [0.29, 0.717) is 65.5 Å². The highest BCUT2D eigenvalue weighted by molar-refractivity contribution is 6.35. The van der Waals surface area contributed by atoms with Crippen LogP contribution in [0.3, 0.4) is 0 Å². The summed E-state index contributed by atoms with van der Waals surface area (Å²) in [6, 6.07) is 20.1. The highest BCUT2D eigenvalue weighted by Crippen LogP contribution is 2.27. The predicted molar refractivity (Wildman–Crippen MR) is 140 cm³/mol. The summed E-state index contributed by atoms with van der Waals surface area (Å²) >= 11 is 12.0. The molecule has 0 saturated carbocycles. The quantitative estimate of drug-likeness (QED) is 0.221. The van der Waals surface area contributed by atoms with Gasteiger partial charge in [-0.25, -0.2) is 0 Å². The summed E-state index contributed by atoms with van der Waals surface area (Å²) in [5, 5.41) is 8.00. The Morgan fingerprint density at radius 3 is 2.50 bits per heavy atom. The van der Waals surface area contributed by atoms with Crippen LogP contribution in [0.5, 0.6) is 11.5 Å². The molecular weight excluding hydrogens is 501 g/mol. The first kappa shape index (κ1) is 25.5. The van der Waals surface area contributed by atoms with Crippen LogP contribution in [0, 0.1) is 0 Å². The zero-order valence-corrected chi connectivity index (χ0v) is 21.2. The molecule has 1 amide bonds. The third-order valence-corrected chi connectivity index (χ3v) is 5.91. The molecule has 1 aromatic heterocycles. The van der Waals surface area contributed by atoms with Crippen LogP contribution in [0.4, 0.5) is 5.69 Å². The van der Waals surface area contributed by atoms with Gasteiger partial charge >= 0.3 is 0 Å². The van der Waals surface area contributed by atoms with Crippen LogP contribution in [0.25, 0.3) is 11.4 Å². The smallest absolute Gasteiger partial charge is 0.227 e. The van der Waals surface area contributed by atoms with Gasteiger partial charge in [0.2, 0.25) is 17.6 Å². The minimum atomic E-state index is -0.0532. The van der Waals surface area contributed by atoms with E-state index in [1.54, 1.807) is 25.3 Å². The third kappa shape index (κ3) is 7.23. The molecular formula is C27H25Cl2N3O4. The van der Waals surface area contributed by atoms with Crippen LogP contribution in [0.15, 0.2) is 71.3 Å². The highest BCUT2D eigenvalue weighted by atomic mass is 35.5. The van der Waals surface area contributed by atoms with Gasteiger partial charge < -0.3 is 19.3 Å². The second-order valence-electron chi connectivity index (χ2n) is 8.01. The number of aromatic nitrogens is 2. The van der Waals surface area contributed by atoms with Crippen molar-refractivity contribution in [3.05, 3.63) is 88.2 Å². The molecule has 36 heavy (non-hydrogen) atoms. The van der Waals surface area contributed by atoms with Crippen LogP contribution in [-0.2, 0) is 17.6 Å². The highest BCUT2D eigenvalue weighted by Gasteiger charge is 2.10. The maximum atomic E-state index is 12.3. The Bertz CT molecular complexity index is 1290. The minimum Gasteiger partial charge on any atom is -0.497 e. The number of carbonyl (C=O) groups excluding carboxylic acids is 1. The van der Waals surface area contributed by atoms with Crippen molar-refractivity contribution in [2.24, 2.45) is 0 Å². The van der Waals surface area contributed by atoms with Crippen molar-refractivity contribution in [2.45, 2.75) is 25.7 Å². The Balaban J connectivity index is 1.22. The lowest BCUT2D eigenvalue weighted by Gasteiger charge is -2.07. The van der Waals surface area contributed by atoms with E-state index in [4.69, 9.17) is 37.2 Å². The Kier molecular flexibility index (Phi) is 8.81. The van der Waals surface area contributed by atoms with E-state index in [-0.39, 0.29) is 5.91 Å². The Labute approximate surface area is 219 Å². The molecule has 0 atom stereocenters. The maximum Gasteiger partial charge on any atom is 0.227 e. The van der Waals surface area contributed by atoms with Gasteiger partial charge in [0.1, 0.15) is 11.5 Å². The molecule has 1 N–H and O–H groups in total. The molecule has 186 valence electrons. The molecule has 7 nitrogen and oxygen atoms in total. The number of methoxy groups -OCH3 is 1. The molecule has 0 radical (unpaired) electrons. The van der Waals surface area contributed by atoms with E-state index in [0.717, 1.165) is 16.9 Å². The van der Waals surface area contributed by atoms with E-state index in [1.807, 2.05) is 48.5 Å². The Morgan fingerprint density at radius 1 is 1.00 bits per heavy atom. The number of benzene rings is 3. The molecule has 0 spiro atoms. The molecule has 9 heteroatoms. The number of amides is 1. The van der Waals surface area contributed by atoms with Crippen molar-refractivity contribution >= 4 is 34.8 Å². The van der Waals surface area contributed by atoms with Crippen molar-refractivity contribution in [1.82, 2.24) is 10.1 Å². The second-order valence-corrected chi connectivity index (χ2v) is 8.86.